The van der Waals surface area contributed by atoms with E-state index < -0.39 is 5.41 Å². The van der Waals surface area contributed by atoms with Crippen molar-refractivity contribution >= 4 is 33.4 Å². The lowest BCUT2D eigenvalue weighted by Crippen LogP contribution is -2.44. The van der Waals surface area contributed by atoms with E-state index in [1.54, 1.807) is 6.92 Å². The molecule has 1 rings (SSSR count). The second kappa shape index (κ2) is 6.06. The summed E-state index contributed by atoms with van der Waals surface area (Å²) >= 11 is 3.38. The van der Waals surface area contributed by atoms with Crippen molar-refractivity contribution in [1.29, 1.82) is 0 Å². The van der Waals surface area contributed by atoms with Gasteiger partial charge < -0.3 is 16.3 Å². The Morgan fingerprint density at radius 3 is 2.74 bits per heavy atom. The number of hydrogen-bond donors (Lipinski definition) is 3. The Morgan fingerprint density at radius 1 is 1.58 bits per heavy atom. The molecule has 0 saturated heterocycles. The van der Waals surface area contributed by atoms with Crippen LogP contribution in [0.2, 0.25) is 0 Å². The quantitative estimate of drug-likeness (QED) is 0.344. The third kappa shape index (κ3) is 3.26. The van der Waals surface area contributed by atoms with Crippen molar-refractivity contribution in [3.63, 3.8) is 0 Å². The molecule has 1 atom stereocenters. The fourth-order valence-corrected chi connectivity index (χ4v) is 1.91. The zero-order valence-corrected chi connectivity index (χ0v) is 12.8. The summed E-state index contributed by atoms with van der Waals surface area (Å²) in [7, 11) is 0. The van der Waals surface area contributed by atoms with Crippen LogP contribution in [-0.2, 0) is 4.79 Å². The number of benzene rings is 1. The van der Waals surface area contributed by atoms with E-state index in [4.69, 9.17) is 10.9 Å². The maximum atomic E-state index is 12.3. The third-order valence-electron chi connectivity index (χ3n) is 3.25. The molecule has 104 valence electrons. The van der Waals surface area contributed by atoms with Gasteiger partial charge in [0, 0.05) is 4.47 Å². The molecule has 1 aromatic carbocycles. The van der Waals surface area contributed by atoms with Crippen LogP contribution < -0.4 is 11.1 Å². The number of anilines is 1. The highest BCUT2D eigenvalue weighted by molar-refractivity contribution is 9.10. The Bertz CT molecular complexity index is 517. The first-order valence-electron chi connectivity index (χ1n) is 5.90. The predicted molar refractivity (Wildman–Crippen MR) is 79.3 cm³/mol. The van der Waals surface area contributed by atoms with Crippen molar-refractivity contribution in [2.24, 2.45) is 16.3 Å². The summed E-state index contributed by atoms with van der Waals surface area (Å²) < 4.78 is 0.782. The highest BCUT2D eigenvalue weighted by Crippen LogP contribution is 2.28. The molecule has 4 N–H and O–H groups in total. The van der Waals surface area contributed by atoms with Crippen LogP contribution in [0.15, 0.2) is 27.8 Å². The normalized spacial score (nSPS) is 14.8. The number of halogens is 1. The second-order valence-corrected chi connectivity index (χ2v) is 5.46. The van der Waals surface area contributed by atoms with Gasteiger partial charge in [-0.2, -0.15) is 0 Å². The number of amides is 1. The van der Waals surface area contributed by atoms with E-state index in [9.17, 15) is 4.79 Å². The number of nitrogens with one attached hydrogen (secondary N) is 1. The average molecular weight is 328 g/mol. The van der Waals surface area contributed by atoms with Crippen LogP contribution in [0.5, 0.6) is 0 Å². The lowest BCUT2D eigenvalue weighted by Gasteiger charge is -2.25. The molecule has 0 aliphatic heterocycles. The zero-order chi connectivity index (χ0) is 14.6. The number of nitrogens with zero attached hydrogens (tertiary/aromatic N) is 1. The third-order valence-corrected chi connectivity index (χ3v) is 3.94. The van der Waals surface area contributed by atoms with Crippen LogP contribution in [0.25, 0.3) is 0 Å². The van der Waals surface area contributed by atoms with Crippen LogP contribution in [0, 0.1) is 12.3 Å². The number of nitrogens with two attached hydrogens (primary N) is 1. The highest BCUT2D eigenvalue weighted by atomic mass is 79.9. The minimum atomic E-state index is -1.04. The molecule has 0 bridgehead atoms. The highest BCUT2D eigenvalue weighted by Gasteiger charge is 2.36. The molecular weight excluding hydrogens is 310 g/mol. The van der Waals surface area contributed by atoms with Crippen molar-refractivity contribution in [2.45, 2.75) is 27.2 Å². The standard InChI is InChI=1S/C13H18BrN3O2/c1-4-13(3,11(15)17-19)12(18)16-10-7-8(2)5-6-9(10)14/h5-7,19H,4H2,1-3H3,(H2,15,17)(H,16,18). The summed E-state index contributed by atoms with van der Waals surface area (Å²) in [5.41, 5.74) is 6.26. The van der Waals surface area contributed by atoms with Crippen LogP contribution >= 0.6 is 15.9 Å². The summed E-state index contributed by atoms with van der Waals surface area (Å²) in [6.45, 7) is 5.38. The number of amidine groups is 1. The van der Waals surface area contributed by atoms with Crippen molar-refractivity contribution in [2.75, 3.05) is 5.32 Å². The van der Waals surface area contributed by atoms with Gasteiger partial charge in [-0.05, 0) is 53.9 Å². The molecule has 0 saturated carbocycles. The zero-order valence-electron chi connectivity index (χ0n) is 11.2. The SMILES string of the molecule is CCC(C)(C(=O)Nc1cc(C)ccc1Br)/C(N)=N/O. The molecule has 1 amide bonds. The molecule has 0 aliphatic carbocycles. The molecule has 19 heavy (non-hydrogen) atoms. The van der Waals surface area contributed by atoms with E-state index in [0.29, 0.717) is 12.1 Å². The second-order valence-electron chi connectivity index (χ2n) is 4.61. The Morgan fingerprint density at radius 2 is 2.21 bits per heavy atom. The van der Waals surface area contributed by atoms with Gasteiger partial charge in [0.25, 0.3) is 0 Å². The van der Waals surface area contributed by atoms with E-state index in [2.05, 4.69) is 26.4 Å². The fourth-order valence-electron chi connectivity index (χ4n) is 1.56. The van der Waals surface area contributed by atoms with E-state index >= 15 is 0 Å². The number of oxime groups is 1. The maximum Gasteiger partial charge on any atom is 0.238 e. The van der Waals surface area contributed by atoms with Gasteiger partial charge in [-0.15, -0.1) is 0 Å². The largest absolute Gasteiger partial charge is 0.409 e. The first-order valence-corrected chi connectivity index (χ1v) is 6.70. The lowest BCUT2D eigenvalue weighted by molar-refractivity contribution is -0.121. The van der Waals surface area contributed by atoms with Crippen molar-refractivity contribution < 1.29 is 10.0 Å². The molecule has 0 aromatic heterocycles. The molecule has 0 fully saturated rings. The number of carbonyl (C=O) groups excluding carboxylic acids is 1. The smallest absolute Gasteiger partial charge is 0.238 e. The van der Waals surface area contributed by atoms with Gasteiger partial charge in [0.15, 0.2) is 5.84 Å². The molecule has 0 spiro atoms. The topological polar surface area (TPSA) is 87.7 Å². The van der Waals surface area contributed by atoms with E-state index in [-0.39, 0.29) is 11.7 Å². The molecule has 0 heterocycles. The van der Waals surface area contributed by atoms with Gasteiger partial charge in [0.05, 0.1) is 5.69 Å². The fraction of sp³-hybridized carbons (Fsp3) is 0.385. The van der Waals surface area contributed by atoms with Gasteiger partial charge in [0.1, 0.15) is 5.41 Å². The van der Waals surface area contributed by atoms with E-state index in [1.807, 2.05) is 32.0 Å². The van der Waals surface area contributed by atoms with Gasteiger partial charge >= 0.3 is 0 Å². The molecule has 5 nitrogen and oxygen atoms in total. The molecule has 1 unspecified atom stereocenters. The molecular formula is C13H18BrN3O2. The van der Waals surface area contributed by atoms with Gasteiger partial charge in [-0.25, -0.2) is 0 Å². The minimum Gasteiger partial charge on any atom is -0.409 e. The lowest BCUT2D eigenvalue weighted by atomic mass is 9.85. The van der Waals surface area contributed by atoms with Gasteiger partial charge in [0.2, 0.25) is 5.91 Å². The summed E-state index contributed by atoms with van der Waals surface area (Å²) in [5.74, 6) is -0.409. The summed E-state index contributed by atoms with van der Waals surface area (Å²) in [5, 5.41) is 14.5. The van der Waals surface area contributed by atoms with Crippen LogP contribution in [-0.4, -0.2) is 17.0 Å². The Hall–Kier alpha value is -1.56. The first-order chi connectivity index (χ1) is 8.85. The van der Waals surface area contributed by atoms with Crippen molar-refractivity contribution in [3.8, 4) is 0 Å². The summed E-state index contributed by atoms with van der Waals surface area (Å²) in [6, 6.07) is 5.64. The van der Waals surface area contributed by atoms with Crippen LogP contribution in [0.3, 0.4) is 0 Å². The minimum absolute atomic E-state index is 0.101. The number of carbonyl (C=O) groups is 1. The van der Waals surface area contributed by atoms with Crippen molar-refractivity contribution in [3.05, 3.63) is 28.2 Å². The molecule has 6 heteroatoms. The monoisotopic (exact) mass is 327 g/mol. The Kier molecular flexibility index (Phi) is 4.94. The van der Waals surface area contributed by atoms with Gasteiger partial charge in [-0.1, -0.05) is 18.1 Å². The average Bonchev–Trinajstić information content (AvgIpc) is 2.40. The van der Waals surface area contributed by atoms with Gasteiger partial charge in [-0.3, -0.25) is 4.79 Å². The van der Waals surface area contributed by atoms with Crippen molar-refractivity contribution in [1.82, 2.24) is 0 Å². The molecule has 0 radical (unpaired) electrons. The Balaban J connectivity index is 3.04. The first kappa shape index (κ1) is 15.5. The number of aryl methyl sites for hydroxylation is 1. The van der Waals surface area contributed by atoms with E-state index in [0.717, 1.165) is 10.0 Å². The predicted octanol–water partition coefficient (Wildman–Crippen LogP) is 2.86. The number of hydrogen-bond acceptors (Lipinski definition) is 3. The summed E-state index contributed by atoms with van der Waals surface area (Å²) in [6.07, 6.45) is 0.429. The van der Waals surface area contributed by atoms with E-state index in [1.165, 1.54) is 0 Å². The maximum absolute atomic E-state index is 12.3. The van der Waals surface area contributed by atoms with Crippen LogP contribution in [0.4, 0.5) is 5.69 Å². The Labute approximate surface area is 121 Å². The molecule has 0 aliphatic rings. The number of rotatable bonds is 4. The summed E-state index contributed by atoms with van der Waals surface area (Å²) in [4.78, 5) is 12.3. The molecule has 1 aromatic rings. The van der Waals surface area contributed by atoms with Crippen LogP contribution in [0.1, 0.15) is 25.8 Å².